The van der Waals surface area contributed by atoms with Gasteiger partial charge in [-0.2, -0.15) is 0 Å². The average Bonchev–Trinajstić information content (AvgIpc) is 2.27. The number of nitrogens with zero attached hydrogens (tertiary/aromatic N) is 1. The van der Waals surface area contributed by atoms with Gasteiger partial charge in [0.2, 0.25) is 0 Å². The van der Waals surface area contributed by atoms with Gasteiger partial charge in [0.25, 0.3) is 0 Å². The maximum atomic E-state index is 6.11. The van der Waals surface area contributed by atoms with Crippen molar-refractivity contribution in [2.45, 2.75) is 72.4 Å². The highest BCUT2D eigenvalue weighted by Crippen LogP contribution is 2.10. The quantitative estimate of drug-likeness (QED) is 0.656. The highest BCUT2D eigenvalue weighted by atomic mass is 15.1. The molecule has 2 N–H and O–H groups in total. The molecule has 2 atom stereocenters. The van der Waals surface area contributed by atoms with E-state index in [4.69, 9.17) is 5.73 Å². The first-order valence-corrected chi connectivity index (χ1v) is 7.02. The van der Waals surface area contributed by atoms with Gasteiger partial charge in [0.1, 0.15) is 0 Å². The van der Waals surface area contributed by atoms with Crippen molar-refractivity contribution in [3.63, 3.8) is 0 Å². The first kappa shape index (κ1) is 15.9. The third-order valence-corrected chi connectivity index (χ3v) is 3.62. The summed E-state index contributed by atoms with van der Waals surface area (Å²) < 4.78 is 0. The van der Waals surface area contributed by atoms with Crippen molar-refractivity contribution in [1.82, 2.24) is 4.90 Å². The molecule has 0 saturated carbocycles. The van der Waals surface area contributed by atoms with Crippen molar-refractivity contribution in [3.8, 4) is 0 Å². The molecule has 0 aromatic rings. The summed E-state index contributed by atoms with van der Waals surface area (Å²) in [7, 11) is 0. The molecule has 0 rings (SSSR count). The minimum absolute atomic E-state index is 0.355. The van der Waals surface area contributed by atoms with Crippen molar-refractivity contribution in [2.24, 2.45) is 11.7 Å². The molecule has 0 aliphatic carbocycles. The van der Waals surface area contributed by atoms with E-state index in [2.05, 4.69) is 39.5 Å². The van der Waals surface area contributed by atoms with E-state index in [1.165, 1.54) is 25.8 Å². The zero-order valence-corrected chi connectivity index (χ0v) is 12.0. The second-order valence-electron chi connectivity index (χ2n) is 5.34. The molecule has 0 spiro atoms. The van der Waals surface area contributed by atoms with Gasteiger partial charge in [-0.3, -0.25) is 0 Å². The lowest BCUT2D eigenvalue weighted by Gasteiger charge is -2.30. The van der Waals surface area contributed by atoms with Crippen LogP contribution in [0.15, 0.2) is 0 Å². The molecular formula is C14H32N2. The lowest BCUT2D eigenvalue weighted by Crippen LogP contribution is -2.38. The van der Waals surface area contributed by atoms with Gasteiger partial charge in [-0.05, 0) is 45.2 Å². The predicted molar refractivity (Wildman–Crippen MR) is 73.7 cm³/mol. The SMILES string of the molecule is CCCCN(CCC(N)C(C)C)C(C)CC. The number of nitrogens with two attached hydrogens (primary N) is 1. The molecule has 2 unspecified atom stereocenters. The maximum absolute atomic E-state index is 6.11. The molecule has 0 amide bonds. The molecule has 0 fully saturated rings. The topological polar surface area (TPSA) is 29.3 Å². The minimum Gasteiger partial charge on any atom is -0.327 e. The van der Waals surface area contributed by atoms with Crippen LogP contribution in [0.25, 0.3) is 0 Å². The van der Waals surface area contributed by atoms with Crippen LogP contribution in [-0.4, -0.2) is 30.1 Å². The Hall–Kier alpha value is -0.0800. The van der Waals surface area contributed by atoms with Gasteiger partial charge < -0.3 is 10.6 Å². The molecular weight excluding hydrogens is 196 g/mol. The third kappa shape index (κ3) is 6.49. The van der Waals surface area contributed by atoms with Crippen LogP contribution in [0.1, 0.15) is 60.3 Å². The highest BCUT2D eigenvalue weighted by molar-refractivity contribution is 4.71. The molecule has 0 aromatic heterocycles. The Morgan fingerprint density at radius 3 is 2.12 bits per heavy atom. The van der Waals surface area contributed by atoms with E-state index < -0.39 is 0 Å². The summed E-state index contributed by atoms with van der Waals surface area (Å²) in [4.78, 5) is 2.60. The summed E-state index contributed by atoms with van der Waals surface area (Å²) >= 11 is 0. The molecule has 0 aromatic carbocycles. The molecule has 0 bridgehead atoms. The van der Waals surface area contributed by atoms with Gasteiger partial charge in [0.15, 0.2) is 0 Å². The fourth-order valence-corrected chi connectivity index (χ4v) is 1.82. The van der Waals surface area contributed by atoms with Gasteiger partial charge in [-0.1, -0.05) is 34.1 Å². The van der Waals surface area contributed by atoms with Crippen LogP contribution in [0.3, 0.4) is 0 Å². The Morgan fingerprint density at radius 2 is 1.69 bits per heavy atom. The molecule has 16 heavy (non-hydrogen) atoms. The van der Waals surface area contributed by atoms with Crippen LogP contribution in [0.2, 0.25) is 0 Å². The zero-order valence-electron chi connectivity index (χ0n) is 12.0. The summed E-state index contributed by atoms with van der Waals surface area (Å²) in [6.45, 7) is 13.7. The standard InChI is InChI=1S/C14H32N2/c1-6-8-10-16(13(5)7-2)11-9-14(15)12(3)4/h12-14H,6-11,15H2,1-5H3. The van der Waals surface area contributed by atoms with Crippen LogP contribution in [0, 0.1) is 5.92 Å². The third-order valence-electron chi connectivity index (χ3n) is 3.62. The van der Waals surface area contributed by atoms with E-state index in [1.807, 2.05) is 0 Å². The molecule has 2 heteroatoms. The largest absolute Gasteiger partial charge is 0.327 e. The van der Waals surface area contributed by atoms with Gasteiger partial charge >= 0.3 is 0 Å². The van der Waals surface area contributed by atoms with Crippen LogP contribution >= 0.6 is 0 Å². The fourth-order valence-electron chi connectivity index (χ4n) is 1.82. The first-order chi connectivity index (χ1) is 7.52. The second kappa shape index (κ2) is 9.00. The Morgan fingerprint density at radius 1 is 1.06 bits per heavy atom. The monoisotopic (exact) mass is 228 g/mol. The van der Waals surface area contributed by atoms with Gasteiger partial charge in [0.05, 0.1) is 0 Å². The van der Waals surface area contributed by atoms with E-state index in [1.54, 1.807) is 0 Å². The number of unbranched alkanes of at least 4 members (excludes halogenated alkanes) is 1. The number of hydrogen-bond acceptors (Lipinski definition) is 2. The maximum Gasteiger partial charge on any atom is 0.00740 e. The van der Waals surface area contributed by atoms with Crippen LogP contribution < -0.4 is 5.73 Å². The predicted octanol–water partition coefficient (Wildman–Crippen LogP) is 3.26. The molecule has 0 saturated heterocycles. The fraction of sp³-hybridized carbons (Fsp3) is 1.00. The molecule has 0 radical (unpaired) electrons. The van der Waals surface area contributed by atoms with E-state index in [9.17, 15) is 0 Å². The lowest BCUT2D eigenvalue weighted by molar-refractivity contribution is 0.189. The van der Waals surface area contributed by atoms with Gasteiger partial charge in [-0.15, -0.1) is 0 Å². The van der Waals surface area contributed by atoms with Gasteiger partial charge in [0, 0.05) is 12.1 Å². The number of hydrogen-bond donors (Lipinski definition) is 1. The van der Waals surface area contributed by atoms with Crippen molar-refractivity contribution < 1.29 is 0 Å². The molecule has 2 nitrogen and oxygen atoms in total. The summed E-state index contributed by atoms with van der Waals surface area (Å²) in [6.07, 6.45) is 4.96. The van der Waals surface area contributed by atoms with Crippen LogP contribution in [-0.2, 0) is 0 Å². The Kier molecular flexibility index (Phi) is 8.96. The van der Waals surface area contributed by atoms with E-state index in [-0.39, 0.29) is 0 Å². The molecule has 0 aliphatic heterocycles. The summed E-state index contributed by atoms with van der Waals surface area (Å²) in [6, 6.07) is 1.05. The Balaban J connectivity index is 4.00. The first-order valence-electron chi connectivity index (χ1n) is 7.02. The van der Waals surface area contributed by atoms with E-state index >= 15 is 0 Å². The molecule has 0 aliphatic rings. The smallest absolute Gasteiger partial charge is 0.00740 e. The van der Waals surface area contributed by atoms with Crippen molar-refractivity contribution in [3.05, 3.63) is 0 Å². The van der Waals surface area contributed by atoms with Gasteiger partial charge in [-0.25, -0.2) is 0 Å². The second-order valence-corrected chi connectivity index (χ2v) is 5.34. The lowest BCUT2D eigenvalue weighted by atomic mass is 10.0. The van der Waals surface area contributed by atoms with Crippen LogP contribution in [0.5, 0.6) is 0 Å². The normalized spacial score (nSPS) is 15.8. The van der Waals surface area contributed by atoms with E-state index in [0.717, 1.165) is 13.0 Å². The van der Waals surface area contributed by atoms with Crippen LogP contribution in [0.4, 0.5) is 0 Å². The summed E-state index contributed by atoms with van der Waals surface area (Å²) in [5, 5.41) is 0. The highest BCUT2D eigenvalue weighted by Gasteiger charge is 2.14. The molecule has 98 valence electrons. The molecule has 0 heterocycles. The van der Waals surface area contributed by atoms with Crippen molar-refractivity contribution in [2.75, 3.05) is 13.1 Å². The average molecular weight is 228 g/mol. The summed E-state index contributed by atoms with van der Waals surface area (Å²) in [5.74, 6) is 0.602. The zero-order chi connectivity index (χ0) is 12.6. The number of rotatable bonds is 9. The van der Waals surface area contributed by atoms with E-state index in [0.29, 0.717) is 18.0 Å². The Bertz CT molecular complexity index is 157. The van der Waals surface area contributed by atoms with Crippen molar-refractivity contribution >= 4 is 0 Å². The summed E-state index contributed by atoms with van der Waals surface area (Å²) in [5.41, 5.74) is 6.11. The minimum atomic E-state index is 0.355. The van der Waals surface area contributed by atoms with Crippen molar-refractivity contribution in [1.29, 1.82) is 0 Å². The Labute approximate surface area is 103 Å².